The Kier molecular flexibility index (Phi) is 10.9. The number of nitrogens with two attached hydrogens (primary N) is 3. The molecule has 0 amide bonds. The van der Waals surface area contributed by atoms with Crippen molar-refractivity contribution in [2.75, 3.05) is 52.0 Å². The molecule has 2 heterocycles. The van der Waals surface area contributed by atoms with E-state index in [4.69, 9.17) is 31.9 Å². The third kappa shape index (κ3) is 8.95. The first kappa shape index (κ1) is 30.9. The van der Waals surface area contributed by atoms with Gasteiger partial charge in [-0.2, -0.15) is 13.2 Å². The lowest BCUT2D eigenvalue weighted by molar-refractivity contribution is -0.140. The van der Waals surface area contributed by atoms with Crippen LogP contribution in [0.5, 0.6) is 0 Å². The number of hydrogen-bond acceptors (Lipinski definition) is 9. The number of nitrogens with zero attached hydrogens (tertiary/aromatic N) is 3. The number of carboxylic acid groups (broad SMARTS) is 1. The molecule has 0 saturated carbocycles. The van der Waals surface area contributed by atoms with E-state index in [2.05, 4.69) is 29.2 Å². The molecule has 0 bridgehead atoms. The van der Waals surface area contributed by atoms with Crippen molar-refractivity contribution in [3.8, 4) is 12.0 Å². The monoisotopic (exact) mass is 567 g/mol. The summed E-state index contributed by atoms with van der Waals surface area (Å²) in [5, 5.41) is 14.0. The van der Waals surface area contributed by atoms with Crippen molar-refractivity contribution in [2.24, 2.45) is 23.2 Å². The van der Waals surface area contributed by atoms with Crippen LogP contribution in [-0.2, 0) is 20.8 Å². The van der Waals surface area contributed by atoms with Crippen LogP contribution in [0, 0.1) is 17.9 Å². The van der Waals surface area contributed by atoms with Gasteiger partial charge in [0.1, 0.15) is 19.0 Å². The topological polar surface area (TPSA) is 157 Å². The second-order valence-corrected chi connectivity index (χ2v) is 9.64. The molecule has 40 heavy (non-hydrogen) atoms. The first-order valence-electron chi connectivity index (χ1n) is 12.7. The Morgan fingerprint density at radius 2 is 2.05 bits per heavy atom. The summed E-state index contributed by atoms with van der Waals surface area (Å²) in [4.78, 5) is 13.0. The number of piperidine rings is 1. The van der Waals surface area contributed by atoms with Gasteiger partial charge in [-0.1, -0.05) is 6.07 Å². The smallest absolute Gasteiger partial charge is 0.406 e. The fourth-order valence-electron chi connectivity index (χ4n) is 4.73. The maximum Gasteiger partial charge on any atom is 0.406 e. The van der Waals surface area contributed by atoms with E-state index in [1.807, 2.05) is 6.07 Å². The second-order valence-electron chi connectivity index (χ2n) is 9.64. The molecule has 1 fully saturated rings. The molecule has 1 saturated heterocycles. The number of fused-ring (bicyclic) bond motifs is 1. The number of nitrogens with one attached hydrogen (secondary N) is 1. The molecule has 1 aromatic carbocycles. The molecule has 0 spiro atoms. The Labute approximate surface area is 230 Å². The summed E-state index contributed by atoms with van der Waals surface area (Å²) in [6.07, 6.45) is -1.72. The molecule has 1 aliphatic rings. The van der Waals surface area contributed by atoms with E-state index >= 15 is 0 Å². The van der Waals surface area contributed by atoms with Crippen LogP contribution in [0.2, 0.25) is 0 Å². The maximum atomic E-state index is 13.3. The van der Waals surface area contributed by atoms with Crippen molar-refractivity contribution in [1.29, 1.82) is 0 Å². The van der Waals surface area contributed by atoms with Crippen molar-refractivity contribution in [3.63, 3.8) is 0 Å². The average Bonchev–Trinajstić information content (AvgIpc) is 3.21. The van der Waals surface area contributed by atoms with Crippen LogP contribution >= 0.6 is 0 Å². The van der Waals surface area contributed by atoms with E-state index in [-0.39, 0.29) is 31.0 Å². The number of carbonyl (C=O) groups is 1. The molecule has 2 unspecified atom stereocenters. The van der Waals surface area contributed by atoms with Gasteiger partial charge in [0.2, 0.25) is 0 Å². The van der Waals surface area contributed by atoms with Gasteiger partial charge in [-0.15, -0.1) is 0 Å². The number of likely N-dealkylation sites (tertiary alicyclic amines) is 1. The number of halogens is 3. The number of alkyl halides is 3. The highest BCUT2D eigenvalue weighted by atomic mass is 19.4. The minimum atomic E-state index is -4.40. The van der Waals surface area contributed by atoms with Gasteiger partial charge in [-0.25, -0.2) is 10.6 Å². The van der Waals surface area contributed by atoms with E-state index in [0.717, 1.165) is 47.4 Å². The van der Waals surface area contributed by atoms with Crippen LogP contribution < -0.4 is 22.6 Å². The zero-order chi connectivity index (χ0) is 29.3. The molecule has 0 radical (unpaired) electrons. The van der Waals surface area contributed by atoms with E-state index in [9.17, 15) is 18.0 Å². The highest BCUT2D eigenvalue weighted by Gasteiger charge is 2.31. The number of hydrogen-bond donors (Lipinski definition) is 5. The van der Waals surface area contributed by atoms with E-state index in [1.54, 1.807) is 18.2 Å². The van der Waals surface area contributed by atoms with Crippen LogP contribution in [0.3, 0.4) is 0 Å². The van der Waals surface area contributed by atoms with Crippen LogP contribution in [0.15, 0.2) is 36.2 Å². The summed E-state index contributed by atoms with van der Waals surface area (Å²) in [6.45, 7) is 1.58. The summed E-state index contributed by atoms with van der Waals surface area (Å²) in [5.74, 6) is 7.15. The molecule has 14 heteroatoms. The predicted octanol–water partition coefficient (Wildman–Crippen LogP) is 1.64. The lowest BCUT2D eigenvalue weighted by atomic mass is 9.89. The molecule has 1 aromatic heterocycles. The van der Waals surface area contributed by atoms with Gasteiger partial charge < -0.3 is 40.8 Å². The van der Waals surface area contributed by atoms with Gasteiger partial charge in [0.15, 0.2) is 0 Å². The zero-order valence-electron chi connectivity index (χ0n) is 22.3. The summed E-state index contributed by atoms with van der Waals surface area (Å²) in [5.41, 5.74) is 11.6. The minimum Gasteiger partial charge on any atom is -0.477 e. The number of rotatable bonds is 13. The molecule has 2 atom stereocenters. The molecule has 11 nitrogen and oxygen atoms in total. The van der Waals surface area contributed by atoms with Gasteiger partial charge in [0, 0.05) is 42.5 Å². The SMILES string of the molecule is CN1CCC(Nc2cccc3c2cc(C#CN)n3CC(F)(F)F)C(CCOCCOCN(N)/C=C(\N)C(=O)O)C1. The average molecular weight is 568 g/mol. The lowest BCUT2D eigenvalue weighted by Gasteiger charge is -2.38. The normalized spacial score (nSPS) is 18.4. The van der Waals surface area contributed by atoms with Crippen molar-refractivity contribution >= 4 is 22.6 Å². The molecule has 8 N–H and O–H groups in total. The molecule has 1 aliphatic heterocycles. The summed E-state index contributed by atoms with van der Waals surface area (Å²) >= 11 is 0. The number of aliphatic carboxylic acids is 1. The molecule has 2 aromatic rings. The molecular weight excluding hydrogens is 531 g/mol. The number of carboxylic acids is 1. The van der Waals surface area contributed by atoms with E-state index in [0.29, 0.717) is 24.1 Å². The third-order valence-corrected chi connectivity index (χ3v) is 6.56. The second kappa shape index (κ2) is 14.1. The Morgan fingerprint density at radius 1 is 1.30 bits per heavy atom. The van der Waals surface area contributed by atoms with Crippen LogP contribution in [-0.4, -0.2) is 84.5 Å². The van der Waals surface area contributed by atoms with Crippen molar-refractivity contribution in [3.05, 3.63) is 41.9 Å². The summed E-state index contributed by atoms with van der Waals surface area (Å²) in [6, 6.07) is 9.20. The Balaban J connectivity index is 1.58. The number of anilines is 1. The quantitative estimate of drug-likeness (QED) is 0.0459. The van der Waals surface area contributed by atoms with Crippen molar-refractivity contribution in [1.82, 2.24) is 14.5 Å². The number of ether oxygens (including phenoxy) is 2. The van der Waals surface area contributed by atoms with Gasteiger partial charge in [-0.05, 0) is 56.5 Å². The van der Waals surface area contributed by atoms with E-state index < -0.39 is 24.4 Å². The van der Waals surface area contributed by atoms with Crippen LogP contribution in [0.1, 0.15) is 18.5 Å². The number of aromatic nitrogens is 1. The Morgan fingerprint density at radius 3 is 2.75 bits per heavy atom. The van der Waals surface area contributed by atoms with Crippen molar-refractivity contribution in [2.45, 2.75) is 31.6 Å². The zero-order valence-corrected chi connectivity index (χ0v) is 22.3. The summed E-state index contributed by atoms with van der Waals surface area (Å²) in [7, 11) is 2.05. The highest BCUT2D eigenvalue weighted by Crippen LogP contribution is 2.32. The molecule has 0 aliphatic carbocycles. The van der Waals surface area contributed by atoms with Crippen LogP contribution in [0.25, 0.3) is 10.9 Å². The highest BCUT2D eigenvalue weighted by molar-refractivity contribution is 5.94. The standard InChI is InChI=1S/C26H36F3N7O4/c1-34-9-6-22(18(14-34)7-10-39-11-12-40-17-35(32)15-21(31)25(37)38)33-23-3-2-4-24-20(23)13-19(5-8-30)36(24)16-26(27,28)29/h2-4,13,15,18,22,33H,6-7,9-12,14,16-17,30-32H2,1H3,(H,37,38)/b21-15-. The Bertz CT molecular complexity index is 1240. The van der Waals surface area contributed by atoms with Crippen molar-refractivity contribution < 1.29 is 32.5 Å². The van der Waals surface area contributed by atoms with Gasteiger partial charge >= 0.3 is 12.1 Å². The van der Waals surface area contributed by atoms with Gasteiger partial charge in [0.05, 0.1) is 24.4 Å². The maximum absolute atomic E-state index is 13.3. The van der Waals surface area contributed by atoms with E-state index in [1.165, 1.54) is 0 Å². The molecular formula is C26H36F3N7O4. The number of benzene rings is 1. The van der Waals surface area contributed by atoms with Gasteiger partial charge in [-0.3, -0.25) is 5.01 Å². The minimum absolute atomic E-state index is 0.0500. The third-order valence-electron chi connectivity index (χ3n) is 6.56. The van der Waals surface area contributed by atoms with Gasteiger partial charge in [0.25, 0.3) is 0 Å². The molecule has 220 valence electrons. The first-order chi connectivity index (χ1) is 19.0. The van der Waals surface area contributed by atoms with Crippen LogP contribution in [0.4, 0.5) is 18.9 Å². The predicted molar refractivity (Wildman–Crippen MR) is 144 cm³/mol. The first-order valence-corrected chi connectivity index (χ1v) is 12.7. The fourth-order valence-corrected chi connectivity index (χ4v) is 4.73. The Hall–Kier alpha value is -3.64. The lowest BCUT2D eigenvalue weighted by Crippen LogP contribution is -2.45. The molecule has 3 rings (SSSR count). The number of hydrazine groups is 1. The summed E-state index contributed by atoms with van der Waals surface area (Å²) < 4.78 is 52.1. The fraction of sp³-hybridized carbons (Fsp3) is 0.500. The largest absolute Gasteiger partial charge is 0.477 e.